The second-order valence-electron chi connectivity index (χ2n) is 5.34. The van der Waals surface area contributed by atoms with Crippen LogP contribution in [0.3, 0.4) is 0 Å². The van der Waals surface area contributed by atoms with E-state index >= 15 is 0 Å². The van der Waals surface area contributed by atoms with Crippen molar-refractivity contribution in [3.05, 3.63) is 35.4 Å². The molecule has 0 nitrogen and oxygen atoms in total. The lowest BCUT2D eigenvalue weighted by atomic mass is 10.0. The SMILES string of the molecule is CCCCCCc1[c]ccc(CCCCCC)c1. The Morgan fingerprint density at radius 3 is 2.17 bits per heavy atom. The van der Waals surface area contributed by atoms with Crippen molar-refractivity contribution in [2.75, 3.05) is 0 Å². The zero-order valence-electron chi connectivity index (χ0n) is 12.3. The van der Waals surface area contributed by atoms with Crippen molar-refractivity contribution in [1.29, 1.82) is 0 Å². The minimum absolute atomic E-state index is 1.21. The Hall–Kier alpha value is -0.780. The van der Waals surface area contributed by atoms with Crippen LogP contribution >= 0.6 is 0 Å². The van der Waals surface area contributed by atoms with Crippen molar-refractivity contribution in [3.8, 4) is 0 Å². The molecule has 18 heavy (non-hydrogen) atoms. The molecule has 1 aromatic carbocycles. The van der Waals surface area contributed by atoms with Crippen LogP contribution in [0.15, 0.2) is 18.2 Å². The first-order valence-electron chi connectivity index (χ1n) is 7.86. The normalized spacial score (nSPS) is 10.8. The van der Waals surface area contributed by atoms with Crippen molar-refractivity contribution < 1.29 is 0 Å². The summed E-state index contributed by atoms with van der Waals surface area (Å²) in [5, 5.41) is 0. The minimum Gasteiger partial charge on any atom is -0.0654 e. The predicted octanol–water partition coefficient (Wildman–Crippen LogP) is 5.73. The van der Waals surface area contributed by atoms with Gasteiger partial charge in [0.15, 0.2) is 0 Å². The zero-order valence-corrected chi connectivity index (χ0v) is 12.3. The van der Waals surface area contributed by atoms with Crippen molar-refractivity contribution in [2.24, 2.45) is 0 Å². The molecule has 0 unspecified atom stereocenters. The van der Waals surface area contributed by atoms with E-state index in [0.29, 0.717) is 0 Å². The molecule has 0 atom stereocenters. The van der Waals surface area contributed by atoms with Gasteiger partial charge in [0.1, 0.15) is 0 Å². The van der Waals surface area contributed by atoms with Gasteiger partial charge in [-0.15, -0.1) is 0 Å². The van der Waals surface area contributed by atoms with Crippen LogP contribution in [0.4, 0.5) is 0 Å². The highest BCUT2D eigenvalue weighted by Crippen LogP contribution is 2.12. The third-order valence-electron chi connectivity index (χ3n) is 3.54. The Morgan fingerprint density at radius 2 is 1.50 bits per heavy atom. The molecule has 1 aromatic rings. The summed E-state index contributed by atoms with van der Waals surface area (Å²) in [4.78, 5) is 0. The van der Waals surface area contributed by atoms with E-state index in [9.17, 15) is 0 Å². The van der Waals surface area contributed by atoms with Gasteiger partial charge in [-0.2, -0.15) is 0 Å². The number of benzene rings is 1. The molecule has 0 amide bonds. The molecular formula is C18H29. The smallest absolute Gasteiger partial charge is 0.0149 e. The topological polar surface area (TPSA) is 0 Å². The number of hydrogen-bond acceptors (Lipinski definition) is 0. The van der Waals surface area contributed by atoms with E-state index in [4.69, 9.17) is 0 Å². The number of hydrogen-bond donors (Lipinski definition) is 0. The molecule has 0 fully saturated rings. The lowest BCUT2D eigenvalue weighted by molar-refractivity contribution is 0.661. The van der Waals surface area contributed by atoms with Crippen LogP contribution in [-0.4, -0.2) is 0 Å². The summed E-state index contributed by atoms with van der Waals surface area (Å²) in [5.41, 5.74) is 2.93. The van der Waals surface area contributed by atoms with Gasteiger partial charge in [0.25, 0.3) is 0 Å². The maximum Gasteiger partial charge on any atom is -0.0149 e. The van der Waals surface area contributed by atoms with Gasteiger partial charge in [-0.3, -0.25) is 0 Å². The standard InChI is InChI=1S/C18H29/c1-3-5-7-9-12-17-14-11-15-18(16-17)13-10-8-6-4-2/h11,14,16H,3-10,12-13H2,1-2H3. The Balaban J connectivity index is 2.27. The molecule has 101 valence electrons. The fourth-order valence-corrected chi connectivity index (χ4v) is 2.37. The number of rotatable bonds is 10. The van der Waals surface area contributed by atoms with Gasteiger partial charge < -0.3 is 0 Å². The monoisotopic (exact) mass is 245 g/mol. The largest absolute Gasteiger partial charge is 0.0654 e. The quantitative estimate of drug-likeness (QED) is 0.462. The molecule has 0 aliphatic rings. The summed E-state index contributed by atoms with van der Waals surface area (Å²) in [6, 6.07) is 10.1. The Morgan fingerprint density at radius 1 is 0.833 bits per heavy atom. The van der Waals surface area contributed by atoms with Crippen molar-refractivity contribution >= 4 is 0 Å². The summed E-state index contributed by atoms with van der Waals surface area (Å²) in [6.07, 6.45) is 13.3. The van der Waals surface area contributed by atoms with Crippen LogP contribution in [-0.2, 0) is 12.8 Å². The zero-order chi connectivity index (χ0) is 13.1. The van der Waals surface area contributed by atoms with Gasteiger partial charge in [-0.25, -0.2) is 0 Å². The minimum atomic E-state index is 1.21. The molecule has 0 aliphatic carbocycles. The average molecular weight is 245 g/mol. The van der Waals surface area contributed by atoms with E-state index in [0.717, 1.165) is 0 Å². The van der Waals surface area contributed by atoms with E-state index in [1.54, 1.807) is 0 Å². The van der Waals surface area contributed by atoms with E-state index in [1.165, 1.54) is 75.3 Å². The van der Waals surface area contributed by atoms with E-state index in [-0.39, 0.29) is 0 Å². The van der Waals surface area contributed by atoms with Crippen LogP contribution < -0.4 is 0 Å². The lowest BCUT2D eigenvalue weighted by Gasteiger charge is -2.05. The molecule has 0 aliphatic heterocycles. The number of aryl methyl sites for hydroxylation is 2. The summed E-state index contributed by atoms with van der Waals surface area (Å²) in [7, 11) is 0. The molecule has 0 spiro atoms. The summed E-state index contributed by atoms with van der Waals surface area (Å²) >= 11 is 0. The third-order valence-corrected chi connectivity index (χ3v) is 3.54. The lowest BCUT2D eigenvalue weighted by Crippen LogP contribution is -1.91. The molecule has 1 radical (unpaired) electrons. The maximum atomic E-state index is 3.39. The van der Waals surface area contributed by atoms with Crippen molar-refractivity contribution in [2.45, 2.75) is 78.1 Å². The predicted molar refractivity (Wildman–Crippen MR) is 81.0 cm³/mol. The Bertz CT molecular complexity index is 273. The van der Waals surface area contributed by atoms with Crippen LogP contribution in [0.25, 0.3) is 0 Å². The summed E-state index contributed by atoms with van der Waals surface area (Å²) < 4.78 is 0. The Labute approximate surface area is 114 Å². The summed E-state index contributed by atoms with van der Waals surface area (Å²) in [6.45, 7) is 4.54. The van der Waals surface area contributed by atoms with Gasteiger partial charge in [0.05, 0.1) is 0 Å². The van der Waals surface area contributed by atoms with E-state index in [1.807, 2.05) is 0 Å². The first-order valence-corrected chi connectivity index (χ1v) is 7.86. The first kappa shape index (κ1) is 15.3. The van der Waals surface area contributed by atoms with Crippen LogP contribution in [0.1, 0.15) is 76.3 Å². The van der Waals surface area contributed by atoms with Crippen molar-refractivity contribution in [1.82, 2.24) is 0 Å². The molecule has 1 rings (SSSR count). The van der Waals surface area contributed by atoms with Crippen LogP contribution in [0.5, 0.6) is 0 Å². The third kappa shape index (κ3) is 6.83. The molecular weight excluding hydrogens is 216 g/mol. The fourth-order valence-electron chi connectivity index (χ4n) is 2.37. The highest BCUT2D eigenvalue weighted by molar-refractivity contribution is 5.22. The molecule has 0 bridgehead atoms. The maximum absolute atomic E-state index is 3.39. The fraction of sp³-hybridized carbons (Fsp3) is 0.667. The highest BCUT2D eigenvalue weighted by Gasteiger charge is 1.97. The second kappa shape index (κ2) is 10.2. The van der Waals surface area contributed by atoms with Gasteiger partial charge in [0.2, 0.25) is 0 Å². The molecule has 0 aromatic heterocycles. The van der Waals surface area contributed by atoms with Crippen LogP contribution in [0, 0.1) is 6.07 Å². The van der Waals surface area contributed by atoms with Crippen LogP contribution in [0.2, 0.25) is 0 Å². The van der Waals surface area contributed by atoms with E-state index in [2.05, 4.69) is 38.1 Å². The molecule has 0 saturated carbocycles. The van der Waals surface area contributed by atoms with Crippen molar-refractivity contribution in [3.63, 3.8) is 0 Å². The van der Waals surface area contributed by atoms with Gasteiger partial charge in [-0.1, -0.05) is 70.6 Å². The molecule has 0 heterocycles. The van der Waals surface area contributed by atoms with Gasteiger partial charge >= 0.3 is 0 Å². The average Bonchev–Trinajstić information content (AvgIpc) is 2.40. The molecule has 0 saturated heterocycles. The number of unbranched alkanes of at least 4 members (excludes halogenated alkanes) is 6. The second-order valence-corrected chi connectivity index (χ2v) is 5.34. The first-order chi connectivity index (χ1) is 8.86. The Kier molecular flexibility index (Phi) is 8.63. The highest BCUT2D eigenvalue weighted by atomic mass is 14.0. The van der Waals surface area contributed by atoms with Gasteiger partial charge in [-0.05, 0) is 42.9 Å². The molecule has 0 heteroatoms. The molecule has 0 N–H and O–H groups in total. The van der Waals surface area contributed by atoms with Gasteiger partial charge in [0, 0.05) is 0 Å². The summed E-state index contributed by atoms with van der Waals surface area (Å²) in [5.74, 6) is 0. The van der Waals surface area contributed by atoms with E-state index < -0.39 is 0 Å².